The zero-order valence-corrected chi connectivity index (χ0v) is 10.1. The van der Waals surface area contributed by atoms with Crippen molar-refractivity contribution in [2.75, 3.05) is 9.93 Å². The van der Waals surface area contributed by atoms with Gasteiger partial charge >= 0.3 is 0 Å². The van der Waals surface area contributed by atoms with Crippen molar-refractivity contribution < 1.29 is 8.42 Å². The quantitative estimate of drug-likeness (QED) is 0.813. The molecule has 15 heavy (non-hydrogen) atoms. The number of benzene rings is 1. The van der Waals surface area contributed by atoms with Crippen molar-refractivity contribution in [2.24, 2.45) is 0 Å². The fourth-order valence-corrected chi connectivity index (χ4v) is 1.95. The number of halogens is 1. The molecule has 0 atom stereocenters. The SMILES string of the molecule is CCCc1ccc(NS(=O)(=O)CCl)cc1. The predicted molar refractivity (Wildman–Crippen MR) is 63.7 cm³/mol. The Labute approximate surface area is 95.5 Å². The third kappa shape index (κ3) is 4.10. The zero-order chi connectivity index (χ0) is 11.3. The Hall–Kier alpha value is -0.740. The van der Waals surface area contributed by atoms with Gasteiger partial charge in [-0.2, -0.15) is 0 Å². The van der Waals surface area contributed by atoms with Crippen LogP contribution in [0.5, 0.6) is 0 Å². The first-order valence-electron chi connectivity index (χ1n) is 4.73. The van der Waals surface area contributed by atoms with Crippen molar-refractivity contribution in [3.05, 3.63) is 29.8 Å². The molecule has 1 aromatic rings. The highest BCUT2D eigenvalue weighted by Gasteiger charge is 2.07. The number of anilines is 1. The standard InChI is InChI=1S/C10H14ClNO2S/c1-2-3-9-4-6-10(7-5-9)12-15(13,14)8-11/h4-7,12H,2-3,8H2,1H3. The van der Waals surface area contributed by atoms with Crippen LogP contribution in [0.15, 0.2) is 24.3 Å². The Balaban J connectivity index is 2.73. The fourth-order valence-electron chi connectivity index (χ4n) is 1.23. The van der Waals surface area contributed by atoms with E-state index in [2.05, 4.69) is 11.6 Å². The molecule has 0 aliphatic carbocycles. The van der Waals surface area contributed by atoms with Crippen LogP contribution in [0.3, 0.4) is 0 Å². The van der Waals surface area contributed by atoms with Crippen LogP contribution in [0.4, 0.5) is 5.69 Å². The summed E-state index contributed by atoms with van der Waals surface area (Å²) in [6.07, 6.45) is 2.08. The molecule has 0 saturated heterocycles. The minimum Gasteiger partial charge on any atom is -0.283 e. The lowest BCUT2D eigenvalue weighted by atomic mass is 10.1. The van der Waals surface area contributed by atoms with E-state index in [1.54, 1.807) is 12.1 Å². The summed E-state index contributed by atoms with van der Waals surface area (Å²) in [6, 6.07) is 7.31. The van der Waals surface area contributed by atoms with E-state index >= 15 is 0 Å². The molecule has 1 rings (SSSR count). The molecule has 1 N–H and O–H groups in total. The molecule has 0 aliphatic heterocycles. The number of hydrogen-bond acceptors (Lipinski definition) is 2. The Kier molecular flexibility index (Phi) is 4.42. The van der Waals surface area contributed by atoms with E-state index in [-0.39, 0.29) is 0 Å². The van der Waals surface area contributed by atoms with E-state index in [1.165, 1.54) is 5.56 Å². The maximum Gasteiger partial charge on any atom is 0.246 e. The molecule has 0 amide bonds. The van der Waals surface area contributed by atoms with Gasteiger partial charge in [0, 0.05) is 5.69 Å². The number of hydrogen-bond donors (Lipinski definition) is 1. The van der Waals surface area contributed by atoms with Crippen molar-refractivity contribution in [1.82, 2.24) is 0 Å². The van der Waals surface area contributed by atoms with Gasteiger partial charge in [-0.1, -0.05) is 25.5 Å². The molecule has 0 aliphatic rings. The van der Waals surface area contributed by atoms with Crippen LogP contribution in [0.2, 0.25) is 0 Å². The summed E-state index contributed by atoms with van der Waals surface area (Å²) in [4.78, 5) is 0. The van der Waals surface area contributed by atoms with Gasteiger partial charge in [0.2, 0.25) is 10.0 Å². The molecule has 0 aromatic heterocycles. The molecule has 0 saturated carbocycles. The van der Waals surface area contributed by atoms with Crippen LogP contribution in [0, 0.1) is 0 Å². The number of nitrogens with one attached hydrogen (secondary N) is 1. The van der Waals surface area contributed by atoms with Gasteiger partial charge in [-0.3, -0.25) is 4.72 Å². The first-order chi connectivity index (χ1) is 7.07. The van der Waals surface area contributed by atoms with Crippen LogP contribution in [0.25, 0.3) is 0 Å². The van der Waals surface area contributed by atoms with Crippen molar-refractivity contribution >= 4 is 27.3 Å². The molecule has 0 fully saturated rings. The average molecular weight is 248 g/mol. The Bertz CT molecular complexity index is 400. The minimum absolute atomic E-state index is 0.427. The van der Waals surface area contributed by atoms with Crippen LogP contribution >= 0.6 is 11.6 Å². The molecule has 5 heteroatoms. The Morgan fingerprint density at radius 3 is 2.33 bits per heavy atom. The maximum absolute atomic E-state index is 11.1. The van der Waals surface area contributed by atoms with Crippen LogP contribution in [-0.4, -0.2) is 13.6 Å². The molecular formula is C10H14ClNO2S. The lowest BCUT2D eigenvalue weighted by Gasteiger charge is -2.05. The largest absolute Gasteiger partial charge is 0.283 e. The predicted octanol–water partition coefficient (Wildman–Crippen LogP) is 2.58. The second-order valence-electron chi connectivity index (χ2n) is 3.27. The summed E-state index contributed by atoms with van der Waals surface area (Å²) >= 11 is 5.27. The summed E-state index contributed by atoms with van der Waals surface area (Å²) in [5, 5.41) is -0.427. The summed E-state index contributed by atoms with van der Waals surface area (Å²) in [7, 11) is -3.38. The minimum atomic E-state index is -3.38. The average Bonchev–Trinajstić information content (AvgIpc) is 2.21. The fraction of sp³-hybridized carbons (Fsp3) is 0.400. The molecule has 84 valence electrons. The van der Waals surface area contributed by atoms with E-state index in [1.807, 2.05) is 12.1 Å². The molecule has 0 spiro atoms. The van der Waals surface area contributed by atoms with Gasteiger partial charge in [0.15, 0.2) is 0 Å². The molecular weight excluding hydrogens is 234 g/mol. The molecule has 0 bridgehead atoms. The molecule has 3 nitrogen and oxygen atoms in total. The van der Waals surface area contributed by atoms with E-state index in [4.69, 9.17) is 11.6 Å². The molecule has 0 heterocycles. The van der Waals surface area contributed by atoms with Crippen LogP contribution in [0.1, 0.15) is 18.9 Å². The van der Waals surface area contributed by atoms with Gasteiger partial charge in [-0.05, 0) is 24.1 Å². The van der Waals surface area contributed by atoms with Gasteiger partial charge in [0.25, 0.3) is 0 Å². The van der Waals surface area contributed by atoms with E-state index in [9.17, 15) is 8.42 Å². The monoisotopic (exact) mass is 247 g/mol. The first-order valence-corrected chi connectivity index (χ1v) is 6.91. The molecule has 0 radical (unpaired) electrons. The normalized spacial score (nSPS) is 11.3. The van der Waals surface area contributed by atoms with Crippen LogP contribution < -0.4 is 4.72 Å². The highest BCUT2D eigenvalue weighted by atomic mass is 35.5. The van der Waals surface area contributed by atoms with Crippen molar-refractivity contribution in [2.45, 2.75) is 19.8 Å². The van der Waals surface area contributed by atoms with Crippen molar-refractivity contribution in [3.8, 4) is 0 Å². The number of alkyl halides is 1. The first kappa shape index (κ1) is 12.3. The Morgan fingerprint density at radius 2 is 1.87 bits per heavy atom. The number of aryl methyl sites for hydroxylation is 1. The summed E-state index contributed by atoms with van der Waals surface area (Å²) < 4.78 is 24.7. The van der Waals surface area contributed by atoms with Crippen molar-refractivity contribution in [3.63, 3.8) is 0 Å². The summed E-state index contributed by atoms with van der Waals surface area (Å²) in [5.74, 6) is 0. The van der Waals surface area contributed by atoms with E-state index in [0.29, 0.717) is 5.69 Å². The van der Waals surface area contributed by atoms with Crippen LogP contribution in [-0.2, 0) is 16.4 Å². The lowest BCUT2D eigenvalue weighted by Crippen LogP contribution is -2.13. The number of rotatable bonds is 5. The molecule has 0 unspecified atom stereocenters. The lowest BCUT2D eigenvalue weighted by molar-refractivity contribution is 0.605. The van der Waals surface area contributed by atoms with Gasteiger partial charge in [-0.25, -0.2) is 8.42 Å². The van der Waals surface area contributed by atoms with Gasteiger partial charge in [-0.15, -0.1) is 11.6 Å². The maximum atomic E-state index is 11.1. The van der Waals surface area contributed by atoms with Crippen molar-refractivity contribution in [1.29, 1.82) is 0 Å². The highest BCUT2D eigenvalue weighted by Crippen LogP contribution is 2.12. The van der Waals surface area contributed by atoms with E-state index in [0.717, 1.165) is 12.8 Å². The topological polar surface area (TPSA) is 46.2 Å². The second kappa shape index (κ2) is 5.37. The number of sulfonamides is 1. The van der Waals surface area contributed by atoms with Gasteiger partial charge < -0.3 is 0 Å². The third-order valence-electron chi connectivity index (χ3n) is 1.91. The second-order valence-corrected chi connectivity index (χ2v) is 5.58. The van der Waals surface area contributed by atoms with E-state index < -0.39 is 15.2 Å². The smallest absolute Gasteiger partial charge is 0.246 e. The molecule has 1 aromatic carbocycles. The van der Waals surface area contributed by atoms with Gasteiger partial charge in [0.1, 0.15) is 5.21 Å². The van der Waals surface area contributed by atoms with Gasteiger partial charge in [0.05, 0.1) is 0 Å². The highest BCUT2D eigenvalue weighted by molar-refractivity contribution is 7.93. The Morgan fingerprint density at radius 1 is 1.27 bits per heavy atom. The summed E-state index contributed by atoms with van der Waals surface area (Å²) in [5.41, 5.74) is 1.75. The third-order valence-corrected chi connectivity index (χ3v) is 3.61. The summed E-state index contributed by atoms with van der Waals surface area (Å²) in [6.45, 7) is 2.10. The zero-order valence-electron chi connectivity index (χ0n) is 8.53.